The molecule has 9 nitrogen and oxygen atoms in total. The average molecular weight is 605 g/mol. The molecule has 9 heteroatoms. The van der Waals surface area contributed by atoms with Crippen LogP contribution in [-0.4, -0.2) is 42.6 Å². The number of benzene rings is 4. The highest BCUT2D eigenvalue weighted by Gasteiger charge is 2.18. The third-order valence-electron chi connectivity index (χ3n) is 7.48. The number of fused-ring (bicyclic) bond motifs is 1. The fourth-order valence-electron chi connectivity index (χ4n) is 5.02. The molecule has 0 aliphatic rings. The summed E-state index contributed by atoms with van der Waals surface area (Å²) in [5.74, 6) is 1.91. The molecule has 0 fully saturated rings. The molecule has 5 aromatic rings. The molecule has 0 unspecified atom stereocenters. The van der Waals surface area contributed by atoms with Crippen LogP contribution in [-0.2, 0) is 4.79 Å². The summed E-state index contributed by atoms with van der Waals surface area (Å²) in [5, 5.41) is 7.93. The zero-order valence-corrected chi connectivity index (χ0v) is 26.3. The Balaban J connectivity index is 1.48. The van der Waals surface area contributed by atoms with Crippen LogP contribution < -0.4 is 25.1 Å². The minimum atomic E-state index is -0.292. The number of rotatable bonds is 10. The van der Waals surface area contributed by atoms with Crippen molar-refractivity contribution >= 4 is 28.7 Å². The molecule has 0 saturated carbocycles. The minimum Gasteiger partial charge on any atom is -0.496 e. The van der Waals surface area contributed by atoms with Crippen LogP contribution in [0.15, 0.2) is 88.8 Å². The van der Waals surface area contributed by atoms with Crippen molar-refractivity contribution in [2.45, 2.75) is 33.6 Å². The van der Waals surface area contributed by atoms with Gasteiger partial charge in [-0.15, -0.1) is 0 Å². The first-order chi connectivity index (χ1) is 21.7. The van der Waals surface area contributed by atoms with E-state index < -0.39 is 0 Å². The first-order valence-corrected chi connectivity index (χ1v) is 14.6. The van der Waals surface area contributed by atoms with Gasteiger partial charge in [0, 0.05) is 11.3 Å². The first-order valence-electron chi connectivity index (χ1n) is 14.6. The Morgan fingerprint density at radius 1 is 0.911 bits per heavy atom. The molecular formula is C36H36N4O5. The van der Waals surface area contributed by atoms with Crippen molar-refractivity contribution in [1.29, 1.82) is 0 Å². The molecule has 0 atom stereocenters. The van der Waals surface area contributed by atoms with E-state index in [-0.39, 0.29) is 24.0 Å². The van der Waals surface area contributed by atoms with Gasteiger partial charge in [-0.1, -0.05) is 44.2 Å². The Hall–Kier alpha value is -5.44. The number of para-hydroxylation sites is 2. The number of amides is 1. The number of carbonyl (C=O) groups excluding carboxylic acids is 1. The smallest absolute Gasteiger partial charge is 0.282 e. The maximum absolute atomic E-state index is 13.8. The largest absolute Gasteiger partial charge is 0.496 e. The SMILES string of the molecule is COc1cc(C=Nn2c(-c3cc(C(C)C)c(OC)cc3C)nc3ccccc3c2=O)ccc1OCC(=O)Nc1ccccc1C. The summed E-state index contributed by atoms with van der Waals surface area (Å²) >= 11 is 0. The Kier molecular flexibility index (Phi) is 9.28. The van der Waals surface area contributed by atoms with E-state index in [2.05, 4.69) is 24.3 Å². The highest BCUT2D eigenvalue weighted by Crippen LogP contribution is 2.34. The van der Waals surface area contributed by atoms with E-state index in [4.69, 9.17) is 19.2 Å². The van der Waals surface area contributed by atoms with Gasteiger partial charge in [-0.25, -0.2) is 4.98 Å². The number of carbonyl (C=O) groups is 1. The molecule has 0 radical (unpaired) electrons. The molecule has 0 aliphatic carbocycles. The van der Waals surface area contributed by atoms with Crippen LogP contribution in [0.25, 0.3) is 22.3 Å². The van der Waals surface area contributed by atoms with Gasteiger partial charge in [0.15, 0.2) is 23.9 Å². The number of ether oxygens (including phenoxy) is 3. The van der Waals surface area contributed by atoms with Gasteiger partial charge in [-0.2, -0.15) is 9.78 Å². The van der Waals surface area contributed by atoms with E-state index in [9.17, 15) is 9.59 Å². The number of anilines is 1. The number of hydrogen-bond donors (Lipinski definition) is 1. The molecule has 230 valence electrons. The fraction of sp³-hybridized carbons (Fsp3) is 0.222. The van der Waals surface area contributed by atoms with Crippen LogP contribution in [0, 0.1) is 13.8 Å². The minimum absolute atomic E-state index is 0.185. The maximum Gasteiger partial charge on any atom is 0.282 e. The van der Waals surface area contributed by atoms with Crippen molar-refractivity contribution in [1.82, 2.24) is 9.66 Å². The van der Waals surface area contributed by atoms with Crippen molar-refractivity contribution in [3.8, 4) is 28.6 Å². The highest BCUT2D eigenvalue weighted by molar-refractivity contribution is 5.92. The number of aryl methyl sites for hydroxylation is 2. The van der Waals surface area contributed by atoms with Gasteiger partial charge in [-0.3, -0.25) is 9.59 Å². The zero-order valence-electron chi connectivity index (χ0n) is 26.3. The second-order valence-corrected chi connectivity index (χ2v) is 10.9. The lowest BCUT2D eigenvalue weighted by Crippen LogP contribution is -2.21. The number of aromatic nitrogens is 2. The highest BCUT2D eigenvalue weighted by atomic mass is 16.5. The Labute approximate surface area is 262 Å². The lowest BCUT2D eigenvalue weighted by Gasteiger charge is -2.17. The number of hydrogen-bond acceptors (Lipinski definition) is 7. The lowest BCUT2D eigenvalue weighted by molar-refractivity contribution is -0.118. The van der Waals surface area contributed by atoms with Crippen molar-refractivity contribution in [2.24, 2.45) is 5.10 Å². The van der Waals surface area contributed by atoms with E-state index in [0.29, 0.717) is 33.8 Å². The molecule has 5 rings (SSSR count). The molecule has 1 N–H and O–H groups in total. The Morgan fingerprint density at radius 2 is 1.64 bits per heavy atom. The standard InChI is InChI=1S/C36H36N4O5/c1-22(2)27-19-28(24(4)17-32(27)43-5)35-39-30-14-10-8-12-26(30)36(42)40(35)37-20-25-15-16-31(33(18-25)44-6)45-21-34(41)38-29-13-9-7-11-23(29)3/h7-20,22H,21H2,1-6H3,(H,38,41). The first kappa shape index (κ1) is 31.0. The van der Waals surface area contributed by atoms with Gasteiger partial charge in [0.25, 0.3) is 11.5 Å². The van der Waals surface area contributed by atoms with E-state index in [1.165, 1.54) is 11.8 Å². The Bertz CT molecular complexity index is 1960. The predicted molar refractivity (Wildman–Crippen MR) is 178 cm³/mol. The third kappa shape index (κ3) is 6.72. The summed E-state index contributed by atoms with van der Waals surface area (Å²) in [4.78, 5) is 31.2. The third-order valence-corrected chi connectivity index (χ3v) is 7.48. The van der Waals surface area contributed by atoms with Crippen molar-refractivity contribution in [3.63, 3.8) is 0 Å². The molecule has 0 aliphatic heterocycles. The van der Waals surface area contributed by atoms with Crippen molar-refractivity contribution in [3.05, 3.63) is 111 Å². The molecule has 1 amide bonds. The van der Waals surface area contributed by atoms with Gasteiger partial charge in [0.05, 0.1) is 31.3 Å². The van der Waals surface area contributed by atoms with Gasteiger partial charge in [0.2, 0.25) is 0 Å². The van der Waals surface area contributed by atoms with Gasteiger partial charge in [-0.05, 0) is 90.6 Å². The monoisotopic (exact) mass is 604 g/mol. The normalized spacial score (nSPS) is 11.3. The van der Waals surface area contributed by atoms with Crippen LogP contribution in [0.5, 0.6) is 17.2 Å². The average Bonchev–Trinajstić information content (AvgIpc) is 3.04. The van der Waals surface area contributed by atoms with Crippen LogP contribution >= 0.6 is 0 Å². The lowest BCUT2D eigenvalue weighted by atomic mass is 9.96. The van der Waals surface area contributed by atoms with E-state index in [1.807, 2.05) is 62.4 Å². The van der Waals surface area contributed by atoms with E-state index >= 15 is 0 Å². The van der Waals surface area contributed by atoms with Crippen LogP contribution in [0.3, 0.4) is 0 Å². The predicted octanol–water partition coefficient (Wildman–Crippen LogP) is 6.72. The molecule has 0 saturated heterocycles. The molecule has 0 spiro atoms. The number of methoxy groups -OCH3 is 2. The second-order valence-electron chi connectivity index (χ2n) is 10.9. The van der Waals surface area contributed by atoms with Gasteiger partial charge in [0.1, 0.15) is 5.75 Å². The maximum atomic E-state index is 13.8. The number of nitrogens with zero attached hydrogens (tertiary/aromatic N) is 3. The fourth-order valence-corrected chi connectivity index (χ4v) is 5.02. The summed E-state index contributed by atoms with van der Waals surface area (Å²) in [6.07, 6.45) is 1.57. The van der Waals surface area contributed by atoms with Crippen LogP contribution in [0.1, 0.15) is 42.0 Å². The molecule has 4 aromatic carbocycles. The van der Waals surface area contributed by atoms with Crippen LogP contribution in [0.2, 0.25) is 0 Å². The van der Waals surface area contributed by atoms with Crippen LogP contribution in [0.4, 0.5) is 5.69 Å². The van der Waals surface area contributed by atoms with Crippen molar-refractivity contribution < 1.29 is 19.0 Å². The summed E-state index contributed by atoms with van der Waals surface area (Å²) in [6.45, 7) is 7.87. The summed E-state index contributed by atoms with van der Waals surface area (Å²) < 4.78 is 18.3. The molecule has 1 aromatic heterocycles. The quantitative estimate of drug-likeness (QED) is 0.178. The van der Waals surface area contributed by atoms with Gasteiger partial charge < -0.3 is 19.5 Å². The van der Waals surface area contributed by atoms with Gasteiger partial charge >= 0.3 is 0 Å². The number of nitrogens with one attached hydrogen (secondary N) is 1. The second kappa shape index (κ2) is 13.5. The molecule has 1 heterocycles. The van der Waals surface area contributed by atoms with E-state index in [0.717, 1.165) is 33.7 Å². The Morgan fingerprint density at radius 3 is 2.38 bits per heavy atom. The summed E-state index contributed by atoms with van der Waals surface area (Å²) in [7, 11) is 3.17. The molecule has 45 heavy (non-hydrogen) atoms. The molecule has 0 bridgehead atoms. The molecular weight excluding hydrogens is 568 g/mol. The van der Waals surface area contributed by atoms with E-state index in [1.54, 1.807) is 43.7 Å². The summed E-state index contributed by atoms with van der Waals surface area (Å²) in [6, 6.07) is 23.9. The topological polar surface area (TPSA) is 104 Å². The van der Waals surface area contributed by atoms with Crippen molar-refractivity contribution in [2.75, 3.05) is 26.1 Å². The zero-order chi connectivity index (χ0) is 32.1. The summed E-state index contributed by atoms with van der Waals surface area (Å²) in [5.41, 5.74) is 5.32.